The van der Waals surface area contributed by atoms with E-state index in [-0.39, 0.29) is 18.0 Å². The van der Waals surface area contributed by atoms with E-state index in [1.54, 1.807) is 0 Å². The van der Waals surface area contributed by atoms with Gasteiger partial charge in [0, 0.05) is 11.3 Å². The van der Waals surface area contributed by atoms with Crippen LogP contribution in [-0.2, 0) is 0 Å². The molecule has 0 saturated heterocycles. The Bertz CT molecular complexity index is 387. The molecule has 3 nitrogen and oxygen atoms in total. The van der Waals surface area contributed by atoms with E-state index in [2.05, 4.69) is 4.98 Å². The van der Waals surface area contributed by atoms with Crippen LogP contribution < -0.4 is 0 Å². The second-order valence-corrected chi connectivity index (χ2v) is 3.15. The molecule has 0 aliphatic heterocycles. The Labute approximate surface area is 69.8 Å². The van der Waals surface area contributed by atoms with Gasteiger partial charge in [0.15, 0.2) is 11.6 Å². The zero-order chi connectivity index (χ0) is 8.88. The lowest BCUT2D eigenvalue weighted by Gasteiger charge is -1.90. The van der Waals surface area contributed by atoms with Crippen molar-refractivity contribution in [3.8, 4) is 0 Å². The van der Waals surface area contributed by atoms with Crippen LogP contribution in [0.4, 0.5) is 0 Å². The molecular weight excluding hydrogens is 154 g/mol. The first kappa shape index (κ1) is 7.28. The van der Waals surface area contributed by atoms with E-state index < -0.39 is 0 Å². The zero-order valence-electron chi connectivity index (χ0n) is 7.02. The summed E-state index contributed by atoms with van der Waals surface area (Å²) in [5, 5.41) is 0. The molecule has 0 spiro atoms. The van der Waals surface area contributed by atoms with Gasteiger partial charge < -0.3 is 4.98 Å². The number of rotatable bonds is 0. The minimum atomic E-state index is -0.0776. The van der Waals surface area contributed by atoms with Gasteiger partial charge in [-0.15, -0.1) is 0 Å². The molecule has 0 aromatic carbocycles. The lowest BCUT2D eigenvalue weighted by atomic mass is 10.1. The van der Waals surface area contributed by atoms with Crippen molar-refractivity contribution < 1.29 is 9.59 Å². The van der Waals surface area contributed by atoms with Gasteiger partial charge in [-0.2, -0.15) is 0 Å². The fraction of sp³-hybridized carbons (Fsp3) is 0.333. The predicted molar refractivity (Wildman–Crippen MR) is 43.5 cm³/mol. The summed E-state index contributed by atoms with van der Waals surface area (Å²) in [5.74, 6) is -0.122. The van der Waals surface area contributed by atoms with Crippen LogP contribution in [0, 0.1) is 13.8 Å². The maximum Gasteiger partial charge on any atom is 0.187 e. The Balaban J connectivity index is 2.75. The number of aromatic amines is 1. The SMILES string of the molecule is Cc1[nH]c2c(c1C)C(=O)CC2=O. The number of fused-ring (bicyclic) bond motifs is 1. The number of carbonyl (C=O) groups is 2. The first-order valence-corrected chi connectivity index (χ1v) is 3.87. The molecule has 1 aromatic heterocycles. The fourth-order valence-electron chi connectivity index (χ4n) is 1.60. The fourth-order valence-corrected chi connectivity index (χ4v) is 1.60. The molecule has 2 rings (SSSR count). The van der Waals surface area contributed by atoms with Crippen molar-refractivity contribution in [2.75, 3.05) is 0 Å². The minimum absolute atomic E-state index is 0.0439. The number of ketones is 2. The quantitative estimate of drug-likeness (QED) is 0.588. The Hall–Kier alpha value is -1.38. The highest BCUT2D eigenvalue weighted by Crippen LogP contribution is 2.26. The smallest absolute Gasteiger partial charge is 0.187 e. The third-order valence-electron chi connectivity index (χ3n) is 2.38. The van der Waals surface area contributed by atoms with Crippen molar-refractivity contribution in [1.82, 2.24) is 4.98 Å². The molecule has 1 N–H and O–H groups in total. The first-order valence-electron chi connectivity index (χ1n) is 3.87. The highest BCUT2D eigenvalue weighted by atomic mass is 16.2. The van der Waals surface area contributed by atoms with Crippen molar-refractivity contribution in [1.29, 1.82) is 0 Å². The van der Waals surface area contributed by atoms with Crippen LogP contribution in [0.15, 0.2) is 0 Å². The van der Waals surface area contributed by atoms with Gasteiger partial charge in [0.25, 0.3) is 0 Å². The molecule has 0 unspecified atom stereocenters. The monoisotopic (exact) mass is 163 g/mol. The number of hydrogen-bond donors (Lipinski definition) is 1. The summed E-state index contributed by atoms with van der Waals surface area (Å²) >= 11 is 0. The third-order valence-corrected chi connectivity index (χ3v) is 2.38. The molecule has 0 amide bonds. The van der Waals surface area contributed by atoms with Crippen LogP contribution in [0.25, 0.3) is 0 Å². The molecule has 1 heterocycles. The van der Waals surface area contributed by atoms with Crippen LogP contribution in [0.1, 0.15) is 38.5 Å². The van der Waals surface area contributed by atoms with Crippen LogP contribution in [-0.4, -0.2) is 16.6 Å². The van der Waals surface area contributed by atoms with Crippen molar-refractivity contribution in [2.45, 2.75) is 20.3 Å². The molecule has 62 valence electrons. The van der Waals surface area contributed by atoms with E-state index >= 15 is 0 Å². The van der Waals surface area contributed by atoms with Gasteiger partial charge in [0.1, 0.15) is 0 Å². The molecule has 1 aliphatic rings. The van der Waals surface area contributed by atoms with Crippen LogP contribution in [0.2, 0.25) is 0 Å². The number of aromatic nitrogens is 1. The van der Waals surface area contributed by atoms with Crippen LogP contribution >= 0.6 is 0 Å². The van der Waals surface area contributed by atoms with Crippen molar-refractivity contribution in [2.24, 2.45) is 0 Å². The van der Waals surface area contributed by atoms with Gasteiger partial charge >= 0.3 is 0 Å². The molecular formula is C9H9NO2. The minimum Gasteiger partial charge on any atom is -0.355 e. The zero-order valence-corrected chi connectivity index (χ0v) is 7.02. The number of Topliss-reactive ketones (excluding diaryl/α,β-unsaturated/α-hetero) is 2. The van der Waals surface area contributed by atoms with E-state index in [1.165, 1.54) is 0 Å². The molecule has 0 fully saturated rings. The Morgan fingerprint density at radius 2 is 1.83 bits per heavy atom. The van der Waals surface area contributed by atoms with Gasteiger partial charge in [0.05, 0.1) is 12.1 Å². The summed E-state index contributed by atoms with van der Waals surface area (Å²) in [6.07, 6.45) is 0.0439. The summed E-state index contributed by atoms with van der Waals surface area (Å²) in [4.78, 5) is 25.4. The average molecular weight is 163 g/mol. The summed E-state index contributed by atoms with van der Waals surface area (Å²) in [5.41, 5.74) is 2.95. The number of nitrogens with one attached hydrogen (secondary N) is 1. The number of carbonyl (C=O) groups excluding carboxylic acids is 2. The Morgan fingerprint density at radius 1 is 1.17 bits per heavy atom. The standard InChI is InChI=1S/C9H9NO2/c1-4-5(2)10-9-7(12)3-6(11)8(4)9/h10H,3H2,1-2H3. The molecule has 0 saturated carbocycles. The summed E-state index contributed by atoms with van der Waals surface area (Å²) in [7, 11) is 0. The second-order valence-electron chi connectivity index (χ2n) is 3.15. The Kier molecular flexibility index (Phi) is 1.25. The average Bonchev–Trinajstić information content (AvgIpc) is 2.41. The summed E-state index contributed by atoms with van der Waals surface area (Å²) < 4.78 is 0. The largest absolute Gasteiger partial charge is 0.355 e. The normalized spacial score (nSPS) is 15.5. The van der Waals surface area contributed by atoms with E-state index in [4.69, 9.17) is 0 Å². The van der Waals surface area contributed by atoms with Crippen molar-refractivity contribution >= 4 is 11.6 Å². The Morgan fingerprint density at radius 3 is 2.42 bits per heavy atom. The molecule has 12 heavy (non-hydrogen) atoms. The summed E-state index contributed by atoms with van der Waals surface area (Å²) in [6, 6.07) is 0. The van der Waals surface area contributed by atoms with Gasteiger partial charge in [-0.25, -0.2) is 0 Å². The maximum absolute atomic E-state index is 11.3. The van der Waals surface area contributed by atoms with Crippen molar-refractivity contribution in [3.63, 3.8) is 0 Å². The molecule has 1 aromatic rings. The van der Waals surface area contributed by atoms with Gasteiger partial charge in [-0.3, -0.25) is 9.59 Å². The molecule has 0 radical (unpaired) electrons. The van der Waals surface area contributed by atoms with E-state index in [9.17, 15) is 9.59 Å². The second kappa shape index (κ2) is 2.06. The molecule has 1 aliphatic carbocycles. The van der Waals surface area contributed by atoms with E-state index in [0.717, 1.165) is 11.3 Å². The van der Waals surface area contributed by atoms with Gasteiger partial charge in [0.2, 0.25) is 0 Å². The predicted octanol–water partition coefficient (Wildman–Crippen LogP) is 1.40. The van der Waals surface area contributed by atoms with Gasteiger partial charge in [-0.1, -0.05) is 0 Å². The van der Waals surface area contributed by atoms with Gasteiger partial charge in [-0.05, 0) is 19.4 Å². The lowest BCUT2D eigenvalue weighted by molar-refractivity contribution is 0.0920. The lowest BCUT2D eigenvalue weighted by Crippen LogP contribution is -1.96. The van der Waals surface area contributed by atoms with Crippen LogP contribution in [0.3, 0.4) is 0 Å². The number of hydrogen-bond acceptors (Lipinski definition) is 2. The topological polar surface area (TPSA) is 49.9 Å². The van der Waals surface area contributed by atoms with E-state index in [0.29, 0.717) is 11.3 Å². The summed E-state index contributed by atoms with van der Waals surface area (Å²) in [6.45, 7) is 3.73. The molecule has 3 heteroatoms. The van der Waals surface area contributed by atoms with Crippen LogP contribution in [0.5, 0.6) is 0 Å². The molecule has 0 atom stereocenters. The highest BCUT2D eigenvalue weighted by Gasteiger charge is 2.31. The third kappa shape index (κ3) is 0.706. The van der Waals surface area contributed by atoms with E-state index in [1.807, 2.05) is 13.8 Å². The number of aryl methyl sites for hydroxylation is 1. The number of H-pyrrole nitrogens is 1. The first-order chi connectivity index (χ1) is 5.61. The molecule has 0 bridgehead atoms. The maximum atomic E-state index is 11.3. The highest BCUT2D eigenvalue weighted by molar-refractivity contribution is 6.24. The van der Waals surface area contributed by atoms with Crippen molar-refractivity contribution in [3.05, 3.63) is 22.5 Å².